The Morgan fingerprint density at radius 1 is 0.735 bits per heavy atom. The fourth-order valence-corrected chi connectivity index (χ4v) is 4.04. The molecule has 0 aliphatic carbocycles. The van der Waals surface area contributed by atoms with Gasteiger partial charge in [-0.25, -0.2) is 0 Å². The first-order valence-electron chi connectivity index (χ1n) is 11.9. The smallest absolute Gasteiger partial charge is 0.257 e. The monoisotopic (exact) mass is 506 g/mol. The highest BCUT2D eigenvalue weighted by atomic mass is 35.5. The van der Waals surface area contributed by atoms with E-state index in [0.717, 1.165) is 25.7 Å². The summed E-state index contributed by atoms with van der Waals surface area (Å²) in [5.41, 5.74) is 0.898. The quantitative estimate of drug-likeness (QED) is 0.373. The maximum atomic E-state index is 13.2. The maximum Gasteiger partial charge on any atom is 0.257 e. The van der Waals surface area contributed by atoms with Gasteiger partial charge in [-0.05, 0) is 49.2 Å². The van der Waals surface area contributed by atoms with Crippen molar-refractivity contribution in [2.24, 2.45) is 0 Å². The topological polar surface area (TPSA) is 59.1 Å². The summed E-state index contributed by atoms with van der Waals surface area (Å²) in [6.45, 7) is 6.92. The average Bonchev–Trinajstić information content (AvgIpc) is 2.85. The van der Waals surface area contributed by atoms with Crippen molar-refractivity contribution in [3.63, 3.8) is 0 Å². The zero-order valence-electron chi connectivity index (χ0n) is 19.8. The Labute approximate surface area is 211 Å². The Morgan fingerprint density at radius 3 is 1.47 bits per heavy atom. The van der Waals surface area contributed by atoms with Gasteiger partial charge in [0.25, 0.3) is 11.8 Å². The van der Waals surface area contributed by atoms with Crippen LogP contribution in [0.25, 0.3) is 0 Å². The molecule has 1 heterocycles. The van der Waals surface area contributed by atoms with Gasteiger partial charge in [-0.1, -0.05) is 49.9 Å². The summed E-state index contributed by atoms with van der Waals surface area (Å²) in [5, 5.41) is 0.966. The Morgan fingerprint density at radius 2 is 1.12 bits per heavy atom. The number of halogens is 2. The molecule has 0 radical (unpaired) electrons. The van der Waals surface area contributed by atoms with Crippen LogP contribution in [0.2, 0.25) is 10.0 Å². The van der Waals surface area contributed by atoms with Gasteiger partial charge < -0.3 is 19.3 Å². The summed E-state index contributed by atoms with van der Waals surface area (Å²) in [7, 11) is 0. The molecule has 0 atom stereocenters. The van der Waals surface area contributed by atoms with E-state index in [2.05, 4.69) is 13.8 Å². The average molecular weight is 507 g/mol. The number of amides is 2. The minimum absolute atomic E-state index is 0.146. The predicted octanol–water partition coefficient (Wildman–Crippen LogP) is 5.95. The van der Waals surface area contributed by atoms with Crippen LogP contribution in [0.3, 0.4) is 0 Å². The van der Waals surface area contributed by atoms with E-state index in [4.69, 9.17) is 32.7 Å². The van der Waals surface area contributed by atoms with E-state index < -0.39 is 0 Å². The molecule has 0 aromatic heterocycles. The third-order valence-corrected chi connectivity index (χ3v) is 6.18. The lowest BCUT2D eigenvalue weighted by molar-refractivity contribution is 0.0530. The molecular weight excluding hydrogens is 475 g/mol. The van der Waals surface area contributed by atoms with Crippen molar-refractivity contribution < 1.29 is 19.1 Å². The summed E-state index contributed by atoms with van der Waals surface area (Å²) in [5.74, 6) is 0.781. The zero-order chi connectivity index (χ0) is 24.5. The lowest BCUT2D eigenvalue weighted by atomic mass is 10.1. The Hall–Kier alpha value is -2.44. The maximum absolute atomic E-state index is 13.2. The predicted molar refractivity (Wildman–Crippen MR) is 136 cm³/mol. The largest absolute Gasteiger partial charge is 0.493 e. The first kappa shape index (κ1) is 26.2. The van der Waals surface area contributed by atoms with Crippen LogP contribution in [0, 0.1) is 0 Å². The Balaban J connectivity index is 1.67. The first-order chi connectivity index (χ1) is 16.4. The summed E-state index contributed by atoms with van der Waals surface area (Å²) >= 11 is 12.3. The number of unbranched alkanes of at least 4 members (excludes halogenated alkanes) is 2. The molecule has 0 saturated carbocycles. The summed E-state index contributed by atoms with van der Waals surface area (Å²) in [6.07, 6.45) is 3.82. The molecule has 2 aromatic rings. The molecule has 0 spiro atoms. The van der Waals surface area contributed by atoms with Gasteiger partial charge in [-0.15, -0.1) is 0 Å². The molecule has 184 valence electrons. The molecule has 1 aliphatic rings. The van der Waals surface area contributed by atoms with Crippen molar-refractivity contribution in [1.82, 2.24) is 9.80 Å². The molecular formula is C26H32Cl2N2O4. The lowest BCUT2D eigenvalue weighted by Gasteiger charge is -2.35. The molecule has 0 bridgehead atoms. The number of ether oxygens (including phenoxy) is 2. The standard InChI is InChI=1S/C26H32Cl2N2O4/c1-3-5-15-33-23-9-7-19(27)17-21(23)25(31)29-11-13-30(14-12-29)26(32)22-18-20(28)8-10-24(22)34-16-6-4-2/h7-10,17-18H,3-6,11-16H2,1-2H3. The molecule has 1 saturated heterocycles. The van der Waals surface area contributed by atoms with Gasteiger partial charge in [0, 0.05) is 36.2 Å². The van der Waals surface area contributed by atoms with Crippen LogP contribution >= 0.6 is 23.2 Å². The minimum Gasteiger partial charge on any atom is -0.493 e. The van der Waals surface area contributed by atoms with Crippen LogP contribution in [-0.4, -0.2) is 61.0 Å². The number of benzene rings is 2. The van der Waals surface area contributed by atoms with E-state index in [9.17, 15) is 9.59 Å². The van der Waals surface area contributed by atoms with E-state index in [1.54, 1.807) is 46.2 Å². The second-order valence-corrected chi connectivity index (χ2v) is 9.14. The fourth-order valence-electron chi connectivity index (χ4n) is 3.70. The second kappa shape index (κ2) is 12.9. The third-order valence-electron chi connectivity index (χ3n) is 5.71. The van der Waals surface area contributed by atoms with Gasteiger partial charge in [0.2, 0.25) is 0 Å². The van der Waals surface area contributed by atoms with E-state index in [1.165, 1.54) is 0 Å². The van der Waals surface area contributed by atoms with Crippen molar-refractivity contribution in [2.45, 2.75) is 39.5 Å². The van der Waals surface area contributed by atoms with Gasteiger partial charge in [0.15, 0.2) is 0 Å². The SMILES string of the molecule is CCCCOc1ccc(Cl)cc1C(=O)N1CCN(C(=O)c2cc(Cl)ccc2OCCCC)CC1. The Bertz CT molecular complexity index is 911. The van der Waals surface area contributed by atoms with Crippen LogP contribution in [0.5, 0.6) is 11.5 Å². The van der Waals surface area contributed by atoms with E-state index in [1.807, 2.05) is 0 Å². The summed E-state index contributed by atoms with van der Waals surface area (Å²) in [4.78, 5) is 30.0. The molecule has 34 heavy (non-hydrogen) atoms. The molecule has 0 N–H and O–H groups in total. The van der Waals surface area contributed by atoms with E-state index in [0.29, 0.717) is 72.1 Å². The lowest BCUT2D eigenvalue weighted by Crippen LogP contribution is -2.50. The van der Waals surface area contributed by atoms with Gasteiger partial charge in [0.05, 0.1) is 24.3 Å². The second-order valence-electron chi connectivity index (χ2n) is 8.27. The number of piperazine rings is 1. The van der Waals surface area contributed by atoms with Crippen molar-refractivity contribution in [3.05, 3.63) is 57.6 Å². The molecule has 2 aromatic carbocycles. The highest BCUT2D eigenvalue weighted by Crippen LogP contribution is 2.27. The number of carbonyl (C=O) groups excluding carboxylic acids is 2. The summed E-state index contributed by atoms with van der Waals surface area (Å²) in [6, 6.07) is 10.2. The van der Waals surface area contributed by atoms with Crippen LogP contribution in [0.4, 0.5) is 0 Å². The fraction of sp³-hybridized carbons (Fsp3) is 0.462. The van der Waals surface area contributed by atoms with E-state index in [-0.39, 0.29) is 11.8 Å². The minimum atomic E-state index is -0.146. The van der Waals surface area contributed by atoms with Crippen molar-refractivity contribution in [3.8, 4) is 11.5 Å². The van der Waals surface area contributed by atoms with Crippen molar-refractivity contribution in [2.75, 3.05) is 39.4 Å². The summed E-state index contributed by atoms with van der Waals surface area (Å²) < 4.78 is 11.7. The van der Waals surface area contributed by atoms with Crippen LogP contribution < -0.4 is 9.47 Å². The number of carbonyl (C=O) groups is 2. The molecule has 1 fully saturated rings. The molecule has 1 aliphatic heterocycles. The number of nitrogens with zero attached hydrogens (tertiary/aromatic N) is 2. The van der Waals surface area contributed by atoms with E-state index >= 15 is 0 Å². The Kier molecular flexibility index (Phi) is 9.90. The van der Waals surface area contributed by atoms with Gasteiger partial charge in [0.1, 0.15) is 11.5 Å². The molecule has 0 unspecified atom stereocenters. The first-order valence-corrected chi connectivity index (χ1v) is 12.6. The van der Waals surface area contributed by atoms with Crippen LogP contribution in [0.1, 0.15) is 60.2 Å². The van der Waals surface area contributed by atoms with Gasteiger partial charge in [-0.3, -0.25) is 9.59 Å². The normalized spacial score (nSPS) is 13.6. The highest BCUT2D eigenvalue weighted by molar-refractivity contribution is 6.31. The van der Waals surface area contributed by atoms with Crippen molar-refractivity contribution in [1.29, 1.82) is 0 Å². The molecule has 2 amide bonds. The van der Waals surface area contributed by atoms with Crippen LogP contribution in [0.15, 0.2) is 36.4 Å². The molecule has 6 nitrogen and oxygen atoms in total. The number of hydrogen-bond acceptors (Lipinski definition) is 4. The van der Waals surface area contributed by atoms with Gasteiger partial charge >= 0.3 is 0 Å². The zero-order valence-corrected chi connectivity index (χ0v) is 21.3. The number of rotatable bonds is 10. The molecule has 8 heteroatoms. The van der Waals surface area contributed by atoms with Crippen LogP contribution in [-0.2, 0) is 0 Å². The van der Waals surface area contributed by atoms with Gasteiger partial charge in [-0.2, -0.15) is 0 Å². The van der Waals surface area contributed by atoms with Crippen molar-refractivity contribution >= 4 is 35.0 Å². The number of hydrogen-bond donors (Lipinski definition) is 0. The molecule has 3 rings (SSSR count). The highest BCUT2D eigenvalue weighted by Gasteiger charge is 2.28. The third kappa shape index (κ3) is 6.80.